The van der Waals surface area contributed by atoms with Crippen molar-refractivity contribution in [3.8, 4) is 0 Å². The summed E-state index contributed by atoms with van der Waals surface area (Å²) in [7, 11) is 0. The Balaban J connectivity index is 2.44. The van der Waals surface area contributed by atoms with Gasteiger partial charge in [-0.05, 0) is 32.3 Å². The van der Waals surface area contributed by atoms with Gasteiger partial charge in [-0.2, -0.15) is 5.10 Å². The van der Waals surface area contributed by atoms with Crippen LogP contribution in [0.5, 0.6) is 0 Å². The highest BCUT2D eigenvalue weighted by atomic mass is 16.3. The largest absolute Gasteiger partial charge is 0.393 e. The quantitative estimate of drug-likeness (QED) is 0.751. The Kier molecular flexibility index (Phi) is 3.96. The molecule has 0 aromatic carbocycles. The van der Waals surface area contributed by atoms with Crippen LogP contribution in [0, 0.1) is 0 Å². The Morgan fingerprint density at radius 2 is 2.31 bits per heavy atom. The summed E-state index contributed by atoms with van der Waals surface area (Å²) in [5, 5.41) is 13.6. The van der Waals surface area contributed by atoms with Gasteiger partial charge in [0.25, 0.3) is 0 Å². The topological polar surface area (TPSA) is 38.1 Å². The minimum Gasteiger partial charge on any atom is -0.393 e. The first-order chi connectivity index (χ1) is 6.27. The van der Waals surface area contributed by atoms with Crippen molar-refractivity contribution in [2.75, 3.05) is 0 Å². The lowest BCUT2D eigenvalue weighted by molar-refractivity contribution is 0.160. The lowest BCUT2D eigenvalue weighted by atomic mass is 10.1. The molecule has 1 rings (SSSR count). The van der Waals surface area contributed by atoms with Gasteiger partial charge in [0.15, 0.2) is 0 Å². The van der Waals surface area contributed by atoms with Crippen LogP contribution in [0.15, 0.2) is 12.3 Å². The molecule has 0 bridgehead atoms. The predicted octanol–water partition coefficient (Wildman–Crippen LogP) is 1.61. The molecule has 1 aromatic rings. The molecule has 0 aliphatic carbocycles. The van der Waals surface area contributed by atoms with Crippen molar-refractivity contribution in [3.05, 3.63) is 18.0 Å². The molecule has 1 atom stereocenters. The summed E-state index contributed by atoms with van der Waals surface area (Å²) in [6.07, 6.45) is 4.24. The molecule has 0 spiro atoms. The number of aliphatic hydroxyl groups is 1. The summed E-state index contributed by atoms with van der Waals surface area (Å²) < 4.78 is 1.97. The molecule has 74 valence electrons. The van der Waals surface area contributed by atoms with E-state index in [0.29, 0.717) is 0 Å². The fraction of sp³-hybridized carbons (Fsp3) is 0.700. The number of hydrogen-bond donors (Lipinski definition) is 1. The first kappa shape index (κ1) is 10.3. The maximum absolute atomic E-state index is 9.39. The van der Waals surface area contributed by atoms with Crippen molar-refractivity contribution < 1.29 is 5.11 Å². The molecule has 0 saturated heterocycles. The van der Waals surface area contributed by atoms with E-state index < -0.39 is 0 Å². The molecule has 3 nitrogen and oxygen atoms in total. The zero-order chi connectivity index (χ0) is 9.68. The highest BCUT2D eigenvalue weighted by molar-refractivity contribution is 5.00. The molecular weight excluding hydrogens is 164 g/mol. The number of nitrogens with zero attached hydrogens (tertiary/aromatic N) is 2. The van der Waals surface area contributed by atoms with Crippen LogP contribution in [0.3, 0.4) is 0 Å². The maximum Gasteiger partial charge on any atom is 0.0541 e. The van der Waals surface area contributed by atoms with Crippen molar-refractivity contribution in [2.45, 2.75) is 45.8 Å². The normalized spacial score (nSPS) is 13.2. The van der Waals surface area contributed by atoms with Gasteiger partial charge in [0, 0.05) is 18.4 Å². The number of hydrogen-bond acceptors (Lipinski definition) is 2. The fourth-order valence-electron chi connectivity index (χ4n) is 1.38. The van der Waals surface area contributed by atoms with Crippen LogP contribution in [0.25, 0.3) is 0 Å². The van der Waals surface area contributed by atoms with Crippen molar-refractivity contribution in [1.29, 1.82) is 0 Å². The minimum atomic E-state index is -0.166. The molecule has 3 heteroatoms. The van der Waals surface area contributed by atoms with E-state index in [0.717, 1.165) is 25.8 Å². The van der Waals surface area contributed by atoms with E-state index in [9.17, 15) is 5.11 Å². The Labute approximate surface area is 79.4 Å². The first-order valence-corrected chi connectivity index (χ1v) is 4.96. The van der Waals surface area contributed by atoms with E-state index >= 15 is 0 Å². The third-order valence-electron chi connectivity index (χ3n) is 2.31. The lowest BCUT2D eigenvalue weighted by Crippen LogP contribution is -2.09. The summed E-state index contributed by atoms with van der Waals surface area (Å²) in [6.45, 7) is 4.99. The van der Waals surface area contributed by atoms with E-state index in [2.05, 4.69) is 12.0 Å². The Bertz CT molecular complexity index is 245. The Hall–Kier alpha value is -0.830. The zero-order valence-electron chi connectivity index (χ0n) is 8.40. The van der Waals surface area contributed by atoms with Crippen LogP contribution in [0.4, 0.5) is 0 Å². The summed E-state index contributed by atoms with van der Waals surface area (Å²) >= 11 is 0. The van der Waals surface area contributed by atoms with E-state index in [1.807, 2.05) is 23.9 Å². The third kappa shape index (κ3) is 2.84. The van der Waals surface area contributed by atoms with Crippen LogP contribution in [-0.4, -0.2) is 21.0 Å². The van der Waals surface area contributed by atoms with Crippen LogP contribution in [0.1, 0.15) is 32.4 Å². The second kappa shape index (κ2) is 5.02. The molecule has 1 heterocycles. The van der Waals surface area contributed by atoms with Crippen molar-refractivity contribution in [3.63, 3.8) is 0 Å². The van der Waals surface area contributed by atoms with Gasteiger partial charge < -0.3 is 5.11 Å². The average Bonchev–Trinajstić information content (AvgIpc) is 2.61. The van der Waals surface area contributed by atoms with Gasteiger partial charge >= 0.3 is 0 Å². The minimum absolute atomic E-state index is 0.166. The fourth-order valence-corrected chi connectivity index (χ4v) is 1.38. The summed E-state index contributed by atoms with van der Waals surface area (Å²) in [6, 6.07) is 2.02. The summed E-state index contributed by atoms with van der Waals surface area (Å²) in [5.74, 6) is 0. The average molecular weight is 182 g/mol. The van der Waals surface area contributed by atoms with Crippen molar-refractivity contribution in [1.82, 2.24) is 9.78 Å². The maximum atomic E-state index is 9.39. The second-order valence-corrected chi connectivity index (χ2v) is 3.24. The molecule has 1 N–H and O–H groups in total. The van der Waals surface area contributed by atoms with E-state index in [-0.39, 0.29) is 6.10 Å². The van der Waals surface area contributed by atoms with Crippen LogP contribution in [0.2, 0.25) is 0 Å². The van der Waals surface area contributed by atoms with E-state index in [4.69, 9.17) is 0 Å². The van der Waals surface area contributed by atoms with Crippen molar-refractivity contribution >= 4 is 0 Å². The molecule has 13 heavy (non-hydrogen) atoms. The summed E-state index contributed by atoms with van der Waals surface area (Å²) in [4.78, 5) is 0. The van der Waals surface area contributed by atoms with Gasteiger partial charge in [0.2, 0.25) is 0 Å². The number of rotatable bonds is 5. The van der Waals surface area contributed by atoms with Crippen LogP contribution < -0.4 is 0 Å². The monoisotopic (exact) mass is 182 g/mol. The van der Waals surface area contributed by atoms with E-state index in [1.54, 1.807) is 0 Å². The molecule has 0 amide bonds. The highest BCUT2D eigenvalue weighted by Crippen LogP contribution is 2.06. The van der Waals surface area contributed by atoms with Gasteiger partial charge in [-0.3, -0.25) is 4.68 Å². The summed E-state index contributed by atoms with van der Waals surface area (Å²) in [5.41, 5.74) is 1.22. The third-order valence-corrected chi connectivity index (χ3v) is 2.31. The van der Waals surface area contributed by atoms with Crippen molar-refractivity contribution in [2.24, 2.45) is 0 Å². The standard InChI is InChI=1S/C10H18N2O/c1-3-10(13)6-5-9-7-8-11-12(9)4-2/h7-8,10,13H,3-6H2,1-2H3. The zero-order valence-corrected chi connectivity index (χ0v) is 8.40. The SMILES string of the molecule is CCC(O)CCc1ccnn1CC. The second-order valence-electron chi connectivity index (χ2n) is 3.24. The highest BCUT2D eigenvalue weighted by Gasteiger charge is 2.04. The van der Waals surface area contributed by atoms with Gasteiger partial charge in [0.1, 0.15) is 0 Å². The van der Waals surface area contributed by atoms with Gasteiger partial charge in [-0.15, -0.1) is 0 Å². The Morgan fingerprint density at radius 3 is 2.92 bits per heavy atom. The molecule has 0 aliphatic rings. The molecular formula is C10H18N2O. The number of aromatic nitrogens is 2. The van der Waals surface area contributed by atoms with Gasteiger partial charge in [-0.25, -0.2) is 0 Å². The molecule has 0 fully saturated rings. The molecule has 0 aliphatic heterocycles. The van der Waals surface area contributed by atoms with E-state index in [1.165, 1.54) is 5.69 Å². The van der Waals surface area contributed by atoms with Crippen LogP contribution >= 0.6 is 0 Å². The lowest BCUT2D eigenvalue weighted by Gasteiger charge is -2.08. The smallest absolute Gasteiger partial charge is 0.0541 e. The Morgan fingerprint density at radius 1 is 1.54 bits per heavy atom. The number of aliphatic hydroxyl groups excluding tert-OH is 1. The molecule has 0 radical (unpaired) electrons. The predicted molar refractivity (Wildman–Crippen MR) is 52.5 cm³/mol. The van der Waals surface area contributed by atoms with Gasteiger partial charge in [-0.1, -0.05) is 6.92 Å². The number of aryl methyl sites for hydroxylation is 2. The molecule has 1 aromatic heterocycles. The van der Waals surface area contributed by atoms with Crippen LogP contribution in [-0.2, 0) is 13.0 Å². The first-order valence-electron chi connectivity index (χ1n) is 4.96. The molecule has 1 unspecified atom stereocenters. The van der Waals surface area contributed by atoms with Gasteiger partial charge in [0.05, 0.1) is 6.10 Å². The molecule has 0 saturated carbocycles.